The summed E-state index contributed by atoms with van der Waals surface area (Å²) in [6.07, 6.45) is -1.61. The van der Waals surface area contributed by atoms with Gasteiger partial charge in [-0.1, -0.05) is 35.9 Å². The molecule has 1 aliphatic heterocycles. The number of hydrogen-bond donors (Lipinski definition) is 1. The first-order valence-electron chi connectivity index (χ1n) is 9.26. The Morgan fingerprint density at radius 1 is 1.21 bits per heavy atom. The van der Waals surface area contributed by atoms with Gasteiger partial charge in [-0.3, -0.25) is 4.79 Å². The smallest absolute Gasteiger partial charge is 0.407 e. The number of hydrogen-bond acceptors (Lipinski definition) is 5. The minimum atomic E-state index is -0.976. The van der Waals surface area contributed by atoms with Gasteiger partial charge in [0.05, 0.1) is 10.9 Å². The van der Waals surface area contributed by atoms with Crippen LogP contribution in [0.15, 0.2) is 53.4 Å². The van der Waals surface area contributed by atoms with Gasteiger partial charge >= 0.3 is 6.09 Å². The highest BCUT2D eigenvalue weighted by molar-refractivity contribution is 7.99. The second-order valence-electron chi connectivity index (χ2n) is 6.93. The monoisotopic (exact) mass is 433 g/mol. The third-order valence-corrected chi connectivity index (χ3v) is 6.23. The van der Waals surface area contributed by atoms with E-state index in [1.807, 2.05) is 55.4 Å². The Morgan fingerprint density at radius 2 is 1.90 bits per heavy atom. The first-order chi connectivity index (χ1) is 13.9. The summed E-state index contributed by atoms with van der Waals surface area (Å²) in [6, 6.07) is 15.1. The maximum absolute atomic E-state index is 13.6. The minimum Gasteiger partial charge on any atom is -0.435 e. The van der Waals surface area contributed by atoms with Gasteiger partial charge in [0.1, 0.15) is 0 Å². The first kappa shape index (κ1) is 21.5. The van der Waals surface area contributed by atoms with Gasteiger partial charge in [0.25, 0.3) is 5.91 Å². The number of carbonyl (C=O) groups is 2. The van der Waals surface area contributed by atoms with E-state index < -0.39 is 17.4 Å². The Hall–Kier alpha value is -2.22. The van der Waals surface area contributed by atoms with Crippen LogP contribution >= 0.6 is 23.4 Å². The van der Waals surface area contributed by atoms with Crippen molar-refractivity contribution in [2.75, 3.05) is 39.1 Å². The zero-order valence-corrected chi connectivity index (χ0v) is 18.2. The quantitative estimate of drug-likeness (QED) is 0.776. The fraction of sp³-hybridized carbons (Fsp3) is 0.333. The molecule has 3 rings (SSSR count). The van der Waals surface area contributed by atoms with Crippen LogP contribution in [0.1, 0.15) is 10.8 Å². The van der Waals surface area contributed by atoms with Crippen molar-refractivity contribution in [2.24, 2.45) is 0 Å². The number of para-hydroxylation sites is 1. The Labute approximate surface area is 180 Å². The number of halogens is 1. The summed E-state index contributed by atoms with van der Waals surface area (Å²) in [5, 5.41) is 2.66. The first-order valence-corrected chi connectivity index (χ1v) is 10.5. The van der Waals surface area contributed by atoms with E-state index in [0.29, 0.717) is 18.1 Å². The Bertz CT molecular complexity index is 876. The number of carbonyl (C=O) groups excluding carboxylic acids is 2. The van der Waals surface area contributed by atoms with Gasteiger partial charge in [0, 0.05) is 30.1 Å². The zero-order valence-electron chi connectivity index (χ0n) is 16.6. The molecule has 29 heavy (non-hydrogen) atoms. The summed E-state index contributed by atoms with van der Waals surface area (Å²) in [4.78, 5) is 30.3. The number of likely N-dealkylation sites (N-methyl/N-ethyl adjacent to an activating group) is 1. The number of anilines is 1. The predicted octanol–water partition coefficient (Wildman–Crippen LogP) is 3.81. The fourth-order valence-corrected chi connectivity index (χ4v) is 4.54. The SMILES string of the molecule is CNC(=O)O[C@@H]1C(=O)N(CCN(C)C)c2ccccc2S[C@@H]1c1ccc(Cl)cc1. The average Bonchev–Trinajstić information content (AvgIpc) is 2.82. The lowest BCUT2D eigenvalue weighted by Crippen LogP contribution is -2.46. The van der Waals surface area contributed by atoms with Crippen LogP contribution in [0, 0.1) is 0 Å². The highest BCUT2D eigenvalue weighted by atomic mass is 35.5. The van der Waals surface area contributed by atoms with E-state index >= 15 is 0 Å². The molecule has 0 saturated carbocycles. The van der Waals surface area contributed by atoms with E-state index in [1.54, 1.807) is 17.0 Å². The van der Waals surface area contributed by atoms with Crippen LogP contribution in [0.4, 0.5) is 10.5 Å². The van der Waals surface area contributed by atoms with E-state index in [4.69, 9.17) is 16.3 Å². The van der Waals surface area contributed by atoms with E-state index in [-0.39, 0.29) is 5.91 Å². The van der Waals surface area contributed by atoms with Gasteiger partial charge in [-0.2, -0.15) is 0 Å². The van der Waals surface area contributed by atoms with Crippen molar-refractivity contribution >= 4 is 41.1 Å². The van der Waals surface area contributed by atoms with Crippen LogP contribution in [-0.2, 0) is 9.53 Å². The summed E-state index contributed by atoms with van der Waals surface area (Å²) < 4.78 is 5.59. The molecule has 0 unspecified atom stereocenters. The van der Waals surface area contributed by atoms with Gasteiger partial charge in [-0.05, 0) is 43.9 Å². The van der Waals surface area contributed by atoms with Crippen LogP contribution < -0.4 is 10.2 Å². The largest absolute Gasteiger partial charge is 0.435 e. The third-order valence-electron chi connectivity index (χ3n) is 4.60. The number of nitrogens with zero attached hydrogens (tertiary/aromatic N) is 2. The van der Waals surface area contributed by atoms with Crippen LogP contribution in [0.3, 0.4) is 0 Å². The summed E-state index contributed by atoms with van der Waals surface area (Å²) in [6.45, 7) is 1.17. The Kier molecular flexibility index (Phi) is 7.05. The normalized spacial score (nSPS) is 18.9. The summed E-state index contributed by atoms with van der Waals surface area (Å²) in [7, 11) is 5.39. The van der Waals surface area contributed by atoms with Crippen molar-refractivity contribution < 1.29 is 14.3 Å². The van der Waals surface area contributed by atoms with Gasteiger partial charge in [0.2, 0.25) is 0 Å². The number of fused-ring (bicyclic) bond motifs is 1. The molecule has 2 aromatic rings. The number of nitrogens with one attached hydrogen (secondary N) is 1. The van der Waals surface area contributed by atoms with E-state index in [0.717, 1.165) is 16.1 Å². The van der Waals surface area contributed by atoms with Crippen molar-refractivity contribution in [1.29, 1.82) is 0 Å². The molecule has 0 spiro atoms. The lowest BCUT2D eigenvalue weighted by molar-refractivity contribution is -0.126. The molecular weight excluding hydrogens is 410 g/mol. The highest BCUT2D eigenvalue weighted by Gasteiger charge is 2.41. The van der Waals surface area contributed by atoms with Crippen molar-refractivity contribution in [3.63, 3.8) is 0 Å². The summed E-state index contributed by atoms with van der Waals surface area (Å²) in [5.74, 6) is -0.243. The zero-order chi connectivity index (χ0) is 21.0. The molecule has 1 aliphatic rings. The topological polar surface area (TPSA) is 61.9 Å². The number of alkyl carbamates (subject to hydrolysis) is 1. The van der Waals surface area contributed by atoms with Crippen molar-refractivity contribution in [1.82, 2.24) is 10.2 Å². The van der Waals surface area contributed by atoms with E-state index in [9.17, 15) is 9.59 Å². The van der Waals surface area contributed by atoms with Crippen molar-refractivity contribution in [3.8, 4) is 0 Å². The number of amides is 2. The molecule has 6 nitrogen and oxygen atoms in total. The van der Waals surface area contributed by atoms with E-state index in [2.05, 4.69) is 5.32 Å². The summed E-state index contributed by atoms with van der Waals surface area (Å²) in [5.41, 5.74) is 1.69. The molecule has 2 amide bonds. The van der Waals surface area contributed by atoms with Crippen LogP contribution in [0.5, 0.6) is 0 Å². The maximum atomic E-state index is 13.6. The standard InChI is InChI=1S/C21H24ClN3O3S/c1-23-21(27)28-18-19(14-8-10-15(22)11-9-14)29-17-7-5-4-6-16(17)25(20(18)26)13-12-24(2)3/h4-11,18-19H,12-13H2,1-3H3,(H,23,27)/t18-,19+/m0/s1. The molecule has 2 atom stereocenters. The van der Waals surface area contributed by atoms with E-state index in [1.165, 1.54) is 18.8 Å². The second-order valence-corrected chi connectivity index (χ2v) is 8.55. The highest BCUT2D eigenvalue weighted by Crippen LogP contribution is 2.46. The minimum absolute atomic E-state index is 0.243. The molecule has 8 heteroatoms. The molecular formula is C21H24ClN3O3S. The van der Waals surface area contributed by atoms with Gasteiger partial charge in [-0.25, -0.2) is 4.79 Å². The number of benzene rings is 2. The molecule has 154 valence electrons. The number of thioether (sulfide) groups is 1. The second kappa shape index (κ2) is 9.52. The van der Waals surface area contributed by atoms with Crippen LogP contribution in [0.25, 0.3) is 0 Å². The molecule has 0 saturated heterocycles. The number of rotatable bonds is 5. The Morgan fingerprint density at radius 3 is 2.55 bits per heavy atom. The number of ether oxygens (including phenoxy) is 1. The molecule has 1 heterocycles. The molecule has 0 aromatic heterocycles. The third kappa shape index (κ3) is 5.04. The molecule has 0 bridgehead atoms. The van der Waals surface area contributed by atoms with Gasteiger partial charge < -0.3 is 19.9 Å². The molecule has 2 aromatic carbocycles. The maximum Gasteiger partial charge on any atom is 0.407 e. The summed E-state index contributed by atoms with van der Waals surface area (Å²) >= 11 is 7.56. The average molecular weight is 434 g/mol. The van der Waals surface area contributed by atoms with Crippen LogP contribution in [-0.4, -0.2) is 57.2 Å². The lowest BCUT2D eigenvalue weighted by atomic mass is 10.1. The lowest BCUT2D eigenvalue weighted by Gasteiger charge is -2.28. The van der Waals surface area contributed by atoms with Crippen molar-refractivity contribution in [3.05, 3.63) is 59.1 Å². The predicted molar refractivity (Wildman–Crippen MR) is 117 cm³/mol. The molecule has 0 fully saturated rings. The van der Waals surface area contributed by atoms with Gasteiger partial charge in [0.15, 0.2) is 6.10 Å². The fourth-order valence-electron chi connectivity index (χ4n) is 3.09. The molecule has 0 radical (unpaired) electrons. The molecule has 0 aliphatic carbocycles. The molecule has 1 N–H and O–H groups in total. The van der Waals surface area contributed by atoms with Crippen LogP contribution in [0.2, 0.25) is 5.02 Å². The Balaban J connectivity index is 2.07. The van der Waals surface area contributed by atoms with Crippen molar-refractivity contribution in [2.45, 2.75) is 16.2 Å². The van der Waals surface area contributed by atoms with Gasteiger partial charge in [-0.15, -0.1) is 11.8 Å².